The van der Waals surface area contributed by atoms with Gasteiger partial charge in [-0.05, 0) is 30.5 Å². The molecule has 1 aliphatic rings. The summed E-state index contributed by atoms with van der Waals surface area (Å²) in [6.45, 7) is 0. The first kappa shape index (κ1) is 15.7. The summed E-state index contributed by atoms with van der Waals surface area (Å²) < 4.78 is 4.93. The highest BCUT2D eigenvalue weighted by atomic mass is 35.5. The maximum atomic E-state index is 12.4. The molecule has 1 saturated carbocycles. The van der Waals surface area contributed by atoms with Crippen molar-refractivity contribution in [3.63, 3.8) is 0 Å². The minimum absolute atomic E-state index is 0.0352. The molecule has 0 saturated heterocycles. The van der Waals surface area contributed by atoms with E-state index in [1.165, 1.54) is 18.8 Å². The molecule has 1 aromatic rings. The number of carbonyl (C=O) groups is 1. The Balaban J connectivity index is 2.23. The number of nitrogens with two attached hydrogens (primary N) is 1. The average Bonchev–Trinajstić information content (AvgIpc) is 2.87. The van der Waals surface area contributed by atoms with E-state index in [1.54, 1.807) is 0 Å². The Labute approximate surface area is 128 Å². The van der Waals surface area contributed by atoms with Crippen molar-refractivity contribution in [3.05, 3.63) is 23.1 Å². The molecule has 0 aromatic carbocycles. The van der Waals surface area contributed by atoms with Crippen molar-refractivity contribution in [2.24, 2.45) is 10.9 Å². The van der Waals surface area contributed by atoms with Gasteiger partial charge in [-0.1, -0.05) is 37.3 Å². The van der Waals surface area contributed by atoms with Gasteiger partial charge in [0, 0.05) is 0 Å². The summed E-state index contributed by atoms with van der Waals surface area (Å²) in [7, 11) is 0. The number of amidine groups is 1. The number of amides is 1. The molecule has 2 rings (SSSR count). The molecule has 1 aromatic heterocycles. The van der Waals surface area contributed by atoms with Gasteiger partial charge in [0.1, 0.15) is 5.54 Å². The summed E-state index contributed by atoms with van der Waals surface area (Å²) in [6, 6.07) is 1.50. The first-order valence-electron chi connectivity index (χ1n) is 7.12. The number of nitrogens with zero attached hydrogens (tertiary/aromatic N) is 1. The van der Waals surface area contributed by atoms with E-state index < -0.39 is 5.54 Å². The highest BCUT2D eigenvalue weighted by Crippen LogP contribution is 2.28. The molecule has 0 aliphatic heterocycles. The molecular formula is C14H20ClN3O3. The molecule has 1 heterocycles. The van der Waals surface area contributed by atoms with Gasteiger partial charge in [-0.2, -0.15) is 0 Å². The van der Waals surface area contributed by atoms with Gasteiger partial charge in [0.15, 0.2) is 5.84 Å². The predicted molar refractivity (Wildman–Crippen MR) is 79.6 cm³/mol. The fraction of sp³-hybridized carbons (Fsp3) is 0.571. The van der Waals surface area contributed by atoms with Gasteiger partial charge in [-0.3, -0.25) is 4.79 Å². The summed E-state index contributed by atoms with van der Waals surface area (Å²) in [4.78, 5) is 12.4. The van der Waals surface area contributed by atoms with Crippen LogP contribution in [0.1, 0.15) is 55.3 Å². The van der Waals surface area contributed by atoms with Crippen molar-refractivity contribution in [1.82, 2.24) is 5.32 Å². The normalized spacial score (nSPS) is 19.6. The lowest BCUT2D eigenvalue weighted by molar-refractivity contribution is 0.0910. The van der Waals surface area contributed by atoms with E-state index in [0.717, 1.165) is 25.7 Å². The van der Waals surface area contributed by atoms with Gasteiger partial charge >= 0.3 is 0 Å². The van der Waals surface area contributed by atoms with E-state index in [2.05, 4.69) is 10.5 Å². The predicted octanol–water partition coefficient (Wildman–Crippen LogP) is 2.89. The minimum atomic E-state index is -0.827. The molecule has 21 heavy (non-hydrogen) atoms. The van der Waals surface area contributed by atoms with Crippen LogP contribution < -0.4 is 11.1 Å². The van der Waals surface area contributed by atoms with Crippen molar-refractivity contribution in [2.45, 2.75) is 50.5 Å². The van der Waals surface area contributed by atoms with E-state index in [1.807, 2.05) is 0 Å². The van der Waals surface area contributed by atoms with Crippen LogP contribution in [0.4, 0.5) is 0 Å². The Morgan fingerprint density at radius 1 is 1.33 bits per heavy atom. The van der Waals surface area contributed by atoms with Gasteiger partial charge in [0.05, 0.1) is 11.8 Å². The van der Waals surface area contributed by atoms with E-state index in [9.17, 15) is 4.79 Å². The van der Waals surface area contributed by atoms with E-state index in [0.29, 0.717) is 12.8 Å². The summed E-state index contributed by atoms with van der Waals surface area (Å²) in [5.41, 5.74) is 5.30. The number of nitrogens with one attached hydrogen (secondary N) is 1. The largest absolute Gasteiger partial charge is 0.452 e. The first-order chi connectivity index (χ1) is 10.1. The van der Waals surface area contributed by atoms with Gasteiger partial charge in [0.25, 0.3) is 5.91 Å². The number of oxime groups is 1. The minimum Gasteiger partial charge on any atom is -0.452 e. The summed E-state index contributed by atoms with van der Waals surface area (Å²) in [5.74, 6) is -0.335. The Kier molecular flexibility index (Phi) is 5.12. The highest BCUT2D eigenvalue weighted by molar-refractivity contribution is 6.32. The highest BCUT2D eigenvalue weighted by Gasteiger charge is 2.37. The lowest BCUT2D eigenvalue weighted by atomic mass is 9.82. The van der Waals surface area contributed by atoms with Gasteiger partial charge < -0.3 is 20.7 Å². The summed E-state index contributed by atoms with van der Waals surface area (Å²) >= 11 is 5.83. The lowest BCUT2D eigenvalue weighted by Crippen LogP contribution is -2.57. The topological polar surface area (TPSA) is 101 Å². The van der Waals surface area contributed by atoms with Crippen LogP contribution in [-0.4, -0.2) is 22.5 Å². The molecule has 0 bridgehead atoms. The average molecular weight is 314 g/mol. The van der Waals surface area contributed by atoms with Crippen LogP contribution in [0.25, 0.3) is 0 Å². The van der Waals surface area contributed by atoms with Crippen molar-refractivity contribution in [3.8, 4) is 0 Å². The zero-order valence-corrected chi connectivity index (χ0v) is 12.5. The second kappa shape index (κ2) is 6.85. The van der Waals surface area contributed by atoms with Crippen LogP contribution in [0.3, 0.4) is 0 Å². The quantitative estimate of drug-likeness (QED) is 0.345. The lowest BCUT2D eigenvalue weighted by Gasteiger charge is -2.35. The van der Waals surface area contributed by atoms with Crippen LogP contribution in [0.15, 0.2) is 21.9 Å². The summed E-state index contributed by atoms with van der Waals surface area (Å²) in [6.07, 6.45) is 7.78. The molecule has 0 spiro atoms. The molecule has 0 atom stereocenters. The molecule has 7 heteroatoms. The maximum Gasteiger partial charge on any atom is 0.256 e. The third-order valence-corrected chi connectivity index (χ3v) is 4.31. The Hall–Kier alpha value is -1.69. The third-order valence-electron chi connectivity index (χ3n) is 4.02. The molecule has 6 nitrogen and oxygen atoms in total. The SMILES string of the molecule is N/C(=N/O)C1(NC(=O)c2ccoc2Cl)CCCCCCC1. The molecular weight excluding hydrogens is 294 g/mol. The van der Waals surface area contributed by atoms with Crippen LogP contribution in [0, 0.1) is 0 Å². The van der Waals surface area contributed by atoms with Crippen molar-refractivity contribution < 1.29 is 14.4 Å². The Morgan fingerprint density at radius 3 is 2.48 bits per heavy atom. The first-order valence-corrected chi connectivity index (χ1v) is 7.50. The van der Waals surface area contributed by atoms with Crippen LogP contribution in [0.2, 0.25) is 5.22 Å². The molecule has 4 N–H and O–H groups in total. The number of carbonyl (C=O) groups excluding carboxylic acids is 1. The number of hydrogen-bond acceptors (Lipinski definition) is 4. The second-order valence-electron chi connectivity index (χ2n) is 5.40. The second-order valence-corrected chi connectivity index (χ2v) is 5.74. The molecule has 0 unspecified atom stereocenters. The van der Waals surface area contributed by atoms with Gasteiger partial charge in [-0.25, -0.2) is 0 Å². The molecule has 0 radical (unpaired) electrons. The van der Waals surface area contributed by atoms with Crippen LogP contribution in [0.5, 0.6) is 0 Å². The zero-order valence-electron chi connectivity index (χ0n) is 11.8. The number of rotatable bonds is 3. The monoisotopic (exact) mass is 313 g/mol. The van der Waals surface area contributed by atoms with Crippen molar-refractivity contribution in [1.29, 1.82) is 0 Å². The molecule has 1 amide bonds. The Morgan fingerprint density at radius 2 is 1.95 bits per heavy atom. The van der Waals surface area contributed by atoms with Crippen LogP contribution in [-0.2, 0) is 0 Å². The van der Waals surface area contributed by atoms with Crippen LogP contribution >= 0.6 is 11.6 Å². The molecule has 1 fully saturated rings. The van der Waals surface area contributed by atoms with E-state index in [-0.39, 0.29) is 22.5 Å². The van der Waals surface area contributed by atoms with E-state index >= 15 is 0 Å². The number of hydrogen-bond donors (Lipinski definition) is 3. The standard InChI is InChI=1S/C14H20ClN3O3/c15-11-10(6-9-21-11)12(19)17-14(13(16)18-20)7-4-2-1-3-5-8-14/h6,9,20H,1-5,7-8H2,(H2,16,18)(H,17,19). The van der Waals surface area contributed by atoms with Gasteiger partial charge in [0.2, 0.25) is 5.22 Å². The zero-order chi connectivity index (χ0) is 15.3. The van der Waals surface area contributed by atoms with Crippen molar-refractivity contribution >= 4 is 23.3 Å². The summed E-state index contributed by atoms with van der Waals surface area (Å²) in [5, 5.41) is 15.1. The molecule has 116 valence electrons. The fourth-order valence-electron chi connectivity index (χ4n) is 2.79. The number of halogens is 1. The Bertz CT molecular complexity index is 519. The van der Waals surface area contributed by atoms with Crippen molar-refractivity contribution in [2.75, 3.05) is 0 Å². The molecule has 1 aliphatic carbocycles. The smallest absolute Gasteiger partial charge is 0.256 e. The van der Waals surface area contributed by atoms with Gasteiger partial charge in [-0.15, -0.1) is 0 Å². The fourth-order valence-corrected chi connectivity index (χ4v) is 2.99. The third kappa shape index (κ3) is 3.50. The number of furan rings is 1. The maximum absolute atomic E-state index is 12.4. The van der Waals surface area contributed by atoms with E-state index in [4.69, 9.17) is 27.0 Å².